The monoisotopic (exact) mass is 196 g/mol. The summed E-state index contributed by atoms with van der Waals surface area (Å²) in [7, 11) is 1.65. The highest BCUT2D eigenvalue weighted by Gasteiger charge is 2.33. The van der Waals surface area contributed by atoms with Gasteiger partial charge in [0, 0.05) is 13.7 Å². The van der Waals surface area contributed by atoms with E-state index in [9.17, 15) is 4.79 Å². The molecule has 0 N–H and O–H groups in total. The average molecular weight is 196 g/mol. The molecule has 0 aromatic heterocycles. The van der Waals surface area contributed by atoms with E-state index in [2.05, 4.69) is 6.07 Å². The predicted octanol–water partition coefficient (Wildman–Crippen LogP) is 0.926. The van der Waals surface area contributed by atoms with E-state index in [4.69, 9.17) is 10.00 Å². The number of ether oxygens (including phenoxy) is 1. The summed E-state index contributed by atoms with van der Waals surface area (Å²) in [5.74, 6) is -0.0888. The van der Waals surface area contributed by atoms with Crippen molar-refractivity contribution in [2.45, 2.75) is 38.3 Å². The number of nitrogens with zero attached hydrogens (tertiary/aromatic N) is 2. The molecule has 0 aliphatic carbocycles. The van der Waals surface area contributed by atoms with E-state index >= 15 is 0 Å². The molecule has 0 aromatic carbocycles. The molecule has 1 aliphatic heterocycles. The summed E-state index contributed by atoms with van der Waals surface area (Å²) in [6.45, 7) is 4.09. The maximum absolute atomic E-state index is 11.8. The van der Waals surface area contributed by atoms with Crippen molar-refractivity contribution in [3.05, 3.63) is 0 Å². The Morgan fingerprint density at radius 1 is 1.64 bits per heavy atom. The van der Waals surface area contributed by atoms with E-state index in [-0.39, 0.29) is 12.0 Å². The SMILES string of the molecule is CN(C(=O)C1CCCO1)C(C)(C)C#N. The highest BCUT2D eigenvalue weighted by molar-refractivity contribution is 5.82. The van der Waals surface area contributed by atoms with Gasteiger partial charge in [-0.05, 0) is 26.7 Å². The molecule has 1 unspecified atom stereocenters. The van der Waals surface area contributed by atoms with Gasteiger partial charge in [-0.1, -0.05) is 0 Å². The zero-order valence-corrected chi connectivity index (χ0v) is 8.91. The van der Waals surface area contributed by atoms with Crippen molar-refractivity contribution in [1.29, 1.82) is 5.26 Å². The number of hydrogen-bond donors (Lipinski definition) is 0. The standard InChI is InChI=1S/C10H16N2O2/c1-10(2,7-11)12(3)9(13)8-5-4-6-14-8/h8H,4-6H2,1-3H3. The molecule has 0 saturated carbocycles. The fraction of sp³-hybridized carbons (Fsp3) is 0.800. The molecule has 1 amide bonds. The predicted molar refractivity (Wildman–Crippen MR) is 51.4 cm³/mol. The summed E-state index contributed by atoms with van der Waals surface area (Å²) >= 11 is 0. The van der Waals surface area contributed by atoms with Crippen LogP contribution in [0, 0.1) is 11.3 Å². The lowest BCUT2D eigenvalue weighted by atomic mass is 10.0. The van der Waals surface area contributed by atoms with Crippen molar-refractivity contribution in [2.24, 2.45) is 0 Å². The molecule has 4 heteroatoms. The molecule has 14 heavy (non-hydrogen) atoms. The normalized spacial score (nSPS) is 21.7. The minimum Gasteiger partial charge on any atom is -0.368 e. The molecule has 0 radical (unpaired) electrons. The van der Waals surface area contributed by atoms with Crippen LogP contribution in [-0.4, -0.2) is 36.1 Å². The van der Waals surface area contributed by atoms with Gasteiger partial charge in [0.25, 0.3) is 5.91 Å². The van der Waals surface area contributed by atoms with Gasteiger partial charge >= 0.3 is 0 Å². The first-order valence-electron chi connectivity index (χ1n) is 4.79. The minimum absolute atomic E-state index is 0.0888. The molecular formula is C10H16N2O2. The molecule has 0 spiro atoms. The van der Waals surface area contributed by atoms with Gasteiger partial charge in [0.1, 0.15) is 11.6 Å². The first-order valence-corrected chi connectivity index (χ1v) is 4.79. The molecular weight excluding hydrogens is 180 g/mol. The summed E-state index contributed by atoms with van der Waals surface area (Å²) in [5, 5.41) is 8.87. The maximum Gasteiger partial charge on any atom is 0.252 e. The summed E-state index contributed by atoms with van der Waals surface area (Å²) < 4.78 is 5.27. The van der Waals surface area contributed by atoms with Gasteiger partial charge in [-0.3, -0.25) is 4.79 Å². The average Bonchev–Trinajstić information content (AvgIpc) is 2.68. The van der Waals surface area contributed by atoms with Gasteiger partial charge in [0.2, 0.25) is 0 Å². The highest BCUT2D eigenvalue weighted by atomic mass is 16.5. The maximum atomic E-state index is 11.8. The largest absolute Gasteiger partial charge is 0.368 e. The van der Waals surface area contributed by atoms with Crippen LogP contribution < -0.4 is 0 Å². The molecule has 1 aliphatic rings. The minimum atomic E-state index is -0.761. The molecule has 1 heterocycles. The molecule has 1 rings (SSSR count). The topological polar surface area (TPSA) is 53.3 Å². The Morgan fingerprint density at radius 3 is 2.71 bits per heavy atom. The second kappa shape index (κ2) is 3.97. The third-order valence-corrected chi connectivity index (χ3v) is 2.65. The van der Waals surface area contributed by atoms with Gasteiger partial charge < -0.3 is 9.64 Å². The van der Waals surface area contributed by atoms with Gasteiger partial charge in [-0.2, -0.15) is 5.26 Å². The molecule has 1 saturated heterocycles. The van der Waals surface area contributed by atoms with Crippen LogP contribution in [0.15, 0.2) is 0 Å². The molecule has 78 valence electrons. The van der Waals surface area contributed by atoms with Crippen LogP contribution in [0.3, 0.4) is 0 Å². The van der Waals surface area contributed by atoms with Crippen LogP contribution in [0.2, 0.25) is 0 Å². The molecule has 1 atom stereocenters. The van der Waals surface area contributed by atoms with E-state index in [1.54, 1.807) is 20.9 Å². The zero-order chi connectivity index (χ0) is 10.8. The molecule has 4 nitrogen and oxygen atoms in total. The molecule has 0 bridgehead atoms. The van der Waals surface area contributed by atoms with E-state index in [1.807, 2.05) is 0 Å². The Morgan fingerprint density at radius 2 is 2.29 bits per heavy atom. The highest BCUT2D eigenvalue weighted by Crippen LogP contribution is 2.18. The Balaban J connectivity index is 2.65. The summed E-state index contributed by atoms with van der Waals surface area (Å²) in [5.41, 5.74) is -0.761. The van der Waals surface area contributed by atoms with Crippen molar-refractivity contribution in [1.82, 2.24) is 4.90 Å². The first-order chi connectivity index (χ1) is 6.49. The van der Waals surface area contributed by atoms with Gasteiger partial charge in [-0.25, -0.2) is 0 Å². The number of carbonyl (C=O) groups is 1. The van der Waals surface area contributed by atoms with Crippen molar-refractivity contribution >= 4 is 5.91 Å². The van der Waals surface area contributed by atoms with E-state index in [0.717, 1.165) is 12.8 Å². The third-order valence-electron chi connectivity index (χ3n) is 2.65. The first kappa shape index (κ1) is 11.0. The Kier molecular flexibility index (Phi) is 3.12. The smallest absolute Gasteiger partial charge is 0.252 e. The van der Waals surface area contributed by atoms with Crippen LogP contribution >= 0.6 is 0 Å². The van der Waals surface area contributed by atoms with Gasteiger partial charge in [0.05, 0.1) is 6.07 Å². The summed E-state index contributed by atoms with van der Waals surface area (Å²) in [4.78, 5) is 13.3. The lowest BCUT2D eigenvalue weighted by molar-refractivity contribution is -0.142. The van der Waals surface area contributed by atoms with Crippen molar-refractivity contribution in [2.75, 3.05) is 13.7 Å². The quantitative estimate of drug-likeness (QED) is 0.660. The van der Waals surface area contributed by atoms with Crippen LogP contribution in [0.5, 0.6) is 0 Å². The Labute approximate surface area is 84.4 Å². The number of amides is 1. The fourth-order valence-corrected chi connectivity index (χ4v) is 1.34. The Bertz CT molecular complexity index is 262. The van der Waals surface area contributed by atoms with Crippen LogP contribution in [0.1, 0.15) is 26.7 Å². The molecule has 1 fully saturated rings. The van der Waals surface area contributed by atoms with Crippen molar-refractivity contribution in [3.63, 3.8) is 0 Å². The van der Waals surface area contributed by atoms with Gasteiger partial charge in [0.15, 0.2) is 0 Å². The van der Waals surface area contributed by atoms with E-state index < -0.39 is 5.54 Å². The van der Waals surface area contributed by atoms with Crippen LogP contribution in [0.4, 0.5) is 0 Å². The van der Waals surface area contributed by atoms with Crippen LogP contribution in [0.25, 0.3) is 0 Å². The summed E-state index contributed by atoms with van der Waals surface area (Å²) in [6.07, 6.45) is 1.36. The van der Waals surface area contributed by atoms with Crippen molar-refractivity contribution < 1.29 is 9.53 Å². The number of nitriles is 1. The number of rotatable bonds is 2. The molecule has 0 aromatic rings. The van der Waals surface area contributed by atoms with Crippen LogP contribution in [-0.2, 0) is 9.53 Å². The number of hydrogen-bond acceptors (Lipinski definition) is 3. The van der Waals surface area contributed by atoms with E-state index in [1.165, 1.54) is 4.90 Å². The second-order valence-corrected chi connectivity index (χ2v) is 4.07. The van der Waals surface area contributed by atoms with Gasteiger partial charge in [-0.15, -0.1) is 0 Å². The zero-order valence-electron chi connectivity index (χ0n) is 8.91. The lowest BCUT2D eigenvalue weighted by Crippen LogP contribution is -2.48. The third kappa shape index (κ3) is 2.05. The van der Waals surface area contributed by atoms with Crippen molar-refractivity contribution in [3.8, 4) is 6.07 Å². The lowest BCUT2D eigenvalue weighted by Gasteiger charge is -2.30. The second-order valence-electron chi connectivity index (χ2n) is 4.07. The Hall–Kier alpha value is -1.08. The summed E-state index contributed by atoms with van der Waals surface area (Å²) in [6, 6.07) is 2.09. The van der Waals surface area contributed by atoms with E-state index in [0.29, 0.717) is 6.61 Å². The fourth-order valence-electron chi connectivity index (χ4n) is 1.34. The number of likely N-dealkylation sites (N-methyl/N-ethyl adjacent to an activating group) is 1. The number of carbonyl (C=O) groups excluding carboxylic acids is 1.